The summed E-state index contributed by atoms with van der Waals surface area (Å²) < 4.78 is 0. The molecule has 2 atom stereocenters. The van der Waals surface area contributed by atoms with E-state index >= 15 is 0 Å². The van der Waals surface area contributed by atoms with Gasteiger partial charge in [0, 0.05) is 5.02 Å². The highest BCUT2D eigenvalue weighted by Gasteiger charge is 2.12. The Bertz CT molecular complexity index is 716. The molecule has 0 spiro atoms. The standard InChI is InChI=1S/C20H24Cl2N2S/c1-4-13(3)14-6-8-15(9-7-14)18(5-2)23-20(25)24-19-12-16(21)10-11-17(19)22/h6-13,18H,4-5H2,1-3H3,(H2,23,24,25). The lowest BCUT2D eigenvalue weighted by atomic mass is 9.95. The molecule has 0 radical (unpaired) electrons. The van der Waals surface area contributed by atoms with Crippen LogP contribution in [0.3, 0.4) is 0 Å². The smallest absolute Gasteiger partial charge is 0.171 e. The first-order chi connectivity index (χ1) is 11.9. The summed E-state index contributed by atoms with van der Waals surface area (Å²) >= 11 is 17.6. The van der Waals surface area contributed by atoms with Crippen molar-refractivity contribution in [3.8, 4) is 0 Å². The number of rotatable bonds is 6. The first kappa shape index (κ1) is 20.0. The van der Waals surface area contributed by atoms with E-state index in [9.17, 15) is 0 Å². The molecule has 2 aromatic carbocycles. The summed E-state index contributed by atoms with van der Waals surface area (Å²) in [5.41, 5.74) is 3.29. The van der Waals surface area contributed by atoms with Gasteiger partial charge >= 0.3 is 0 Å². The summed E-state index contributed by atoms with van der Waals surface area (Å²) in [5, 5.41) is 8.21. The van der Waals surface area contributed by atoms with E-state index in [1.165, 1.54) is 11.1 Å². The molecular formula is C20H24Cl2N2S. The zero-order valence-electron chi connectivity index (χ0n) is 14.8. The van der Waals surface area contributed by atoms with Crippen LogP contribution in [0.15, 0.2) is 42.5 Å². The van der Waals surface area contributed by atoms with Gasteiger partial charge in [0.15, 0.2) is 5.11 Å². The van der Waals surface area contributed by atoms with Crippen molar-refractivity contribution in [2.45, 2.75) is 45.6 Å². The second-order valence-electron chi connectivity index (χ2n) is 6.16. The number of benzene rings is 2. The van der Waals surface area contributed by atoms with Gasteiger partial charge < -0.3 is 10.6 Å². The van der Waals surface area contributed by atoms with E-state index < -0.39 is 0 Å². The molecule has 0 saturated heterocycles. The zero-order chi connectivity index (χ0) is 18.4. The van der Waals surface area contributed by atoms with E-state index in [2.05, 4.69) is 55.7 Å². The third-order valence-corrected chi connectivity index (χ3v) is 5.20. The van der Waals surface area contributed by atoms with Gasteiger partial charge in [0.25, 0.3) is 0 Å². The molecule has 25 heavy (non-hydrogen) atoms. The molecule has 0 amide bonds. The number of anilines is 1. The van der Waals surface area contributed by atoms with E-state index in [1.807, 2.05) is 0 Å². The Hall–Kier alpha value is -1.29. The van der Waals surface area contributed by atoms with Crippen molar-refractivity contribution < 1.29 is 0 Å². The molecule has 0 aliphatic rings. The second-order valence-corrected chi connectivity index (χ2v) is 7.41. The Labute approximate surface area is 165 Å². The number of hydrogen-bond acceptors (Lipinski definition) is 1. The van der Waals surface area contributed by atoms with Crippen molar-refractivity contribution in [2.24, 2.45) is 0 Å². The minimum Gasteiger partial charge on any atom is -0.356 e. The molecule has 0 aliphatic heterocycles. The maximum atomic E-state index is 6.18. The fourth-order valence-corrected chi connectivity index (χ4v) is 3.21. The lowest BCUT2D eigenvalue weighted by molar-refractivity contribution is 0.628. The maximum absolute atomic E-state index is 6.18. The SMILES string of the molecule is CCC(C)c1ccc(C(CC)NC(=S)Nc2cc(Cl)ccc2Cl)cc1. The molecule has 0 saturated carbocycles. The van der Waals surface area contributed by atoms with E-state index in [0.717, 1.165) is 12.8 Å². The topological polar surface area (TPSA) is 24.1 Å². The molecule has 2 N–H and O–H groups in total. The Morgan fingerprint density at radius 1 is 1.00 bits per heavy atom. The van der Waals surface area contributed by atoms with E-state index in [0.29, 0.717) is 26.8 Å². The van der Waals surface area contributed by atoms with Crippen molar-refractivity contribution in [3.63, 3.8) is 0 Å². The molecule has 0 heterocycles. The quantitative estimate of drug-likeness (QED) is 0.518. The molecule has 2 nitrogen and oxygen atoms in total. The van der Waals surface area contributed by atoms with Gasteiger partial charge in [0.2, 0.25) is 0 Å². The summed E-state index contributed by atoms with van der Waals surface area (Å²) in [6.45, 7) is 6.59. The van der Waals surface area contributed by atoms with Crippen molar-refractivity contribution in [1.82, 2.24) is 5.32 Å². The summed E-state index contributed by atoms with van der Waals surface area (Å²) in [6.07, 6.45) is 2.07. The normalized spacial score (nSPS) is 13.2. The molecule has 0 fully saturated rings. The summed E-state index contributed by atoms with van der Waals surface area (Å²) in [5.74, 6) is 0.579. The van der Waals surface area contributed by atoms with Gasteiger partial charge in [0.05, 0.1) is 16.8 Å². The predicted octanol–water partition coefficient (Wildman–Crippen LogP) is 6.94. The largest absolute Gasteiger partial charge is 0.356 e. The summed E-state index contributed by atoms with van der Waals surface area (Å²) in [7, 11) is 0. The Morgan fingerprint density at radius 2 is 1.64 bits per heavy atom. The fourth-order valence-electron chi connectivity index (χ4n) is 2.62. The third-order valence-electron chi connectivity index (χ3n) is 4.41. The van der Waals surface area contributed by atoms with Gasteiger partial charge in [-0.05, 0) is 60.3 Å². The molecule has 5 heteroatoms. The van der Waals surface area contributed by atoms with Gasteiger partial charge in [-0.3, -0.25) is 0 Å². The highest BCUT2D eigenvalue weighted by molar-refractivity contribution is 7.80. The molecular weight excluding hydrogens is 371 g/mol. The molecule has 0 aromatic heterocycles. The lowest BCUT2D eigenvalue weighted by Gasteiger charge is -2.21. The molecule has 0 bridgehead atoms. The van der Waals surface area contributed by atoms with Crippen LogP contribution in [0.4, 0.5) is 5.69 Å². The second kappa shape index (κ2) is 9.42. The van der Waals surface area contributed by atoms with Gasteiger partial charge in [-0.2, -0.15) is 0 Å². The van der Waals surface area contributed by atoms with Crippen LogP contribution in [-0.2, 0) is 0 Å². The van der Waals surface area contributed by atoms with Crippen LogP contribution in [0.2, 0.25) is 10.0 Å². The van der Waals surface area contributed by atoms with Gasteiger partial charge in [0.1, 0.15) is 0 Å². The van der Waals surface area contributed by atoms with Crippen molar-refractivity contribution in [3.05, 3.63) is 63.6 Å². The molecule has 134 valence electrons. The minimum atomic E-state index is 0.143. The van der Waals surface area contributed by atoms with Crippen molar-refractivity contribution in [2.75, 3.05) is 5.32 Å². The average Bonchev–Trinajstić information content (AvgIpc) is 2.62. The van der Waals surface area contributed by atoms with Crippen molar-refractivity contribution >= 4 is 46.2 Å². The van der Waals surface area contributed by atoms with E-state index in [1.54, 1.807) is 18.2 Å². The van der Waals surface area contributed by atoms with Crippen LogP contribution in [0.1, 0.15) is 56.7 Å². The number of thiocarbonyl (C=S) groups is 1. The average molecular weight is 395 g/mol. The maximum Gasteiger partial charge on any atom is 0.171 e. The summed E-state index contributed by atoms with van der Waals surface area (Å²) in [6, 6.07) is 14.2. The monoisotopic (exact) mass is 394 g/mol. The number of halogens is 2. The van der Waals surface area contributed by atoms with Crippen LogP contribution in [0.25, 0.3) is 0 Å². The Balaban J connectivity index is 2.05. The first-order valence-electron chi connectivity index (χ1n) is 8.57. The van der Waals surface area contributed by atoms with Crippen molar-refractivity contribution in [1.29, 1.82) is 0 Å². The fraction of sp³-hybridized carbons (Fsp3) is 0.350. The lowest BCUT2D eigenvalue weighted by Crippen LogP contribution is -2.32. The first-order valence-corrected chi connectivity index (χ1v) is 9.73. The molecule has 2 aromatic rings. The third kappa shape index (κ3) is 5.60. The van der Waals surface area contributed by atoms with Crippen LogP contribution in [-0.4, -0.2) is 5.11 Å². The Morgan fingerprint density at radius 3 is 2.24 bits per heavy atom. The van der Waals surface area contributed by atoms with E-state index in [4.69, 9.17) is 35.4 Å². The van der Waals surface area contributed by atoms with Crippen LogP contribution >= 0.6 is 35.4 Å². The van der Waals surface area contributed by atoms with Crippen LogP contribution in [0.5, 0.6) is 0 Å². The van der Waals surface area contributed by atoms with Gasteiger partial charge in [-0.1, -0.05) is 68.2 Å². The molecule has 2 rings (SSSR count). The van der Waals surface area contributed by atoms with E-state index in [-0.39, 0.29) is 6.04 Å². The minimum absolute atomic E-state index is 0.143. The Kier molecular flexibility index (Phi) is 7.55. The number of nitrogens with one attached hydrogen (secondary N) is 2. The predicted molar refractivity (Wildman–Crippen MR) is 114 cm³/mol. The van der Waals surface area contributed by atoms with Crippen LogP contribution in [0, 0.1) is 0 Å². The number of hydrogen-bond donors (Lipinski definition) is 2. The molecule has 0 aliphatic carbocycles. The molecule has 2 unspecified atom stereocenters. The van der Waals surface area contributed by atoms with Gasteiger partial charge in [-0.25, -0.2) is 0 Å². The highest BCUT2D eigenvalue weighted by Crippen LogP contribution is 2.26. The highest BCUT2D eigenvalue weighted by atomic mass is 35.5. The van der Waals surface area contributed by atoms with Gasteiger partial charge in [-0.15, -0.1) is 0 Å². The van der Waals surface area contributed by atoms with Crippen LogP contribution < -0.4 is 10.6 Å². The summed E-state index contributed by atoms with van der Waals surface area (Å²) in [4.78, 5) is 0. The zero-order valence-corrected chi connectivity index (χ0v) is 17.1.